The van der Waals surface area contributed by atoms with Crippen molar-refractivity contribution < 1.29 is 14.3 Å². The standard InChI is InChI=1S/C26H35N3O3/c1-26(2,3)21-8-6-20(7-9-21)25(31)27-15-14-24(30)29-17-5-16-28(18-19-29)22-10-12-23(32-4)13-11-22/h6-13H,5,14-19H2,1-4H3,(H,27,31). The SMILES string of the molecule is COc1ccc(N2CCCN(C(=O)CCNC(=O)c3ccc(C(C)(C)C)cc3)CC2)cc1. The predicted octanol–water partition coefficient (Wildman–Crippen LogP) is 3.85. The molecule has 6 heteroatoms. The fourth-order valence-electron chi connectivity index (χ4n) is 3.88. The summed E-state index contributed by atoms with van der Waals surface area (Å²) in [5.41, 5.74) is 3.01. The number of ether oxygens (including phenoxy) is 1. The number of carbonyl (C=O) groups is 2. The smallest absolute Gasteiger partial charge is 0.251 e. The summed E-state index contributed by atoms with van der Waals surface area (Å²) < 4.78 is 5.23. The summed E-state index contributed by atoms with van der Waals surface area (Å²) in [6.45, 7) is 9.92. The Morgan fingerprint density at radius 3 is 2.25 bits per heavy atom. The highest BCUT2D eigenvalue weighted by Crippen LogP contribution is 2.22. The molecule has 0 atom stereocenters. The Bertz CT molecular complexity index is 901. The number of benzene rings is 2. The Morgan fingerprint density at radius 2 is 1.62 bits per heavy atom. The molecular formula is C26H35N3O3. The van der Waals surface area contributed by atoms with Crippen molar-refractivity contribution in [2.75, 3.05) is 44.7 Å². The van der Waals surface area contributed by atoms with Gasteiger partial charge in [-0.1, -0.05) is 32.9 Å². The zero-order valence-corrected chi connectivity index (χ0v) is 19.7. The highest BCUT2D eigenvalue weighted by molar-refractivity contribution is 5.94. The highest BCUT2D eigenvalue weighted by atomic mass is 16.5. The molecule has 32 heavy (non-hydrogen) atoms. The molecule has 2 aromatic carbocycles. The lowest BCUT2D eigenvalue weighted by molar-refractivity contribution is -0.130. The van der Waals surface area contributed by atoms with Crippen LogP contribution in [0.4, 0.5) is 5.69 Å². The zero-order valence-electron chi connectivity index (χ0n) is 19.7. The van der Waals surface area contributed by atoms with E-state index in [1.54, 1.807) is 7.11 Å². The third kappa shape index (κ3) is 6.25. The predicted molar refractivity (Wildman–Crippen MR) is 128 cm³/mol. The van der Waals surface area contributed by atoms with Crippen LogP contribution in [0.25, 0.3) is 0 Å². The van der Waals surface area contributed by atoms with Gasteiger partial charge < -0.3 is 19.9 Å². The van der Waals surface area contributed by atoms with Crippen LogP contribution < -0.4 is 15.0 Å². The van der Waals surface area contributed by atoms with E-state index in [2.05, 4.69) is 43.1 Å². The third-order valence-corrected chi connectivity index (χ3v) is 5.92. The number of methoxy groups -OCH3 is 1. The molecule has 0 radical (unpaired) electrons. The second-order valence-corrected chi connectivity index (χ2v) is 9.25. The van der Waals surface area contributed by atoms with Gasteiger partial charge in [-0.3, -0.25) is 9.59 Å². The largest absolute Gasteiger partial charge is 0.497 e. The van der Waals surface area contributed by atoms with E-state index in [0.29, 0.717) is 25.1 Å². The molecule has 0 spiro atoms. The van der Waals surface area contributed by atoms with Gasteiger partial charge in [0.1, 0.15) is 5.75 Å². The molecule has 1 fully saturated rings. The maximum Gasteiger partial charge on any atom is 0.251 e. The minimum absolute atomic E-state index is 0.0531. The van der Waals surface area contributed by atoms with E-state index in [4.69, 9.17) is 4.74 Å². The van der Waals surface area contributed by atoms with Crippen LogP contribution >= 0.6 is 0 Å². The van der Waals surface area contributed by atoms with E-state index in [1.807, 2.05) is 41.3 Å². The molecule has 3 rings (SSSR count). The second-order valence-electron chi connectivity index (χ2n) is 9.25. The molecule has 2 amide bonds. The van der Waals surface area contributed by atoms with Gasteiger partial charge in [0.25, 0.3) is 5.91 Å². The van der Waals surface area contributed by atoms with Crippen LogP contribution in [0.1, 0.15) is 49.5 Å². The van der Waals surface area contributed by atoms with Crippen molar-refractivity contribution in [3.8, 4) is 5.75 Å². The monoisotopic (exact) mass is 437 g/mol. The quantitative estimate of drug-likeness (QED) is 0.746. The first kappa shape index (κ1) is 23.6. The first-order chi connectivity index (χ1) is 15.3. The first-order valence-electron chi connectivity index (χ1n) is 11.3. The number of rotatable bonds is 6. The lowest BCUT2D eigenvalue weighted by Crippen LogP contribution is -2.37. The van der Waals surface area contributed by atoms with Crippen molar-refractivity contribution in [1.29, 1.82) is 0 Å². The maximum absolute atomic E-state index is 12.7. The second kappa shape index (κ2) is 10.5. The average molecular weight is 438 g/mol. The third-order valence-electron chi connectivity index (χ3n) is 5.92. The number of anilines is 1. The number of hydrogen-bond acceptors (Lipinski definition) is 4. The van der Waals surface area contributed by atoms with Gasteiger partial charge in [0.05, 0.1) is 7.11 Å². The molecule has 172 valence electrons. The fraction of sp³-hybridized carbons (Fsp3) is 0.462. The summed E-state index contributed by atoms with van der Waals surface area (Å²) in [6, 6.07) is 15.7. The normalized spacial score (nSPS) is 14.6. The van der Waals surface area contributed by atoms with Crippen LogP contribution in [-0.2, 0) is 10.2 Å². The lowest BCUT2D eigenvalue weighted by atomic mass is 9.87. The Balaban J connectivity index is 1.45. The van der Waals surface area contributed by atoms with Gasteiger partial charge in [-0.15, -0.1) is 0 Å². The number of amides is 2. The van der Waals surface area contributed by atoms with Crippen LogP contribution in [0.5, 0.6) is 5.75 Å². The molecule has 0 unspecified atom stereocenters. The van der Waals surface area contributed by atoms with Crippen molar-refractivity contribution >= 4 is 17.5 Å². The number of nitrogens with zero attached hydrogens (tertiary/aromatic N) is 2. The zero-order chi connectivity index (χ0) is 23.1. The van der Waals surface area contributed by atoms with Gasteiger partial charge in [-0.25, -0.2) is 0 Å². The molecule has 0 saturated carbocycles. The molecule has 1 N–H and O–H groups in total. The van der Waals surface area contributed by atoms with Crippen molar-refractivity contribution in [2.45, 2.75) is 39.0 Å². The first-order valence-corrected chi connectivity index (χ1v) is 11.3. The Hall–Kier alpha value is -3.02. The molecule has 0 bridgehead atoms. The minimum atomic E-state index is -0.139. The average Bonchev–Trinajstić information content (AvgIpc) is 3.05. The van der Waals surface area contributed by atoms with Crippen molar-refractivity contribution in [2.24, 2.45) is 0 Å². The summed E-state index contributed by atoms with van der Waals surface area (Å²) in [6.07, 6.45) is 1.23. The number of carbonyl (C=O) groups excluding carboxylic acids is 2. The summed E-state index contributed by atoms with van der Waals surface area (Å²) in [4.78, 5) is 29.3. The fourth-order valence-corrected chi connectivity index (χ4v) is 3.88. The van der Waals surface area contributed by atoms with Crippen LogP contribution in [0.15, 0.2) is 48.5 Å². The lowest BCUT2D eigenvalue weighted by Gasteiger charge is -2.24. The minimum Gasteiger partial charge on any atom is -0.497 e. The van der Waals surface area contributed by atoms with Gasteiger partial charge in [0.15, 0.2) is 0 Å². The van der Waals surface area contributed by atoms with Gasteiger partial charge in [0.2, 0.25) is 5.91 Å². The van der Waals surface area contributed by atoms with Crippen molar-refractivity contribution in [3.63, 3.8) is 0 Å². The molecule has 0 aliphatic carbocycles. The summed E-state index contributed by atoms with van der Waals surface area (Å²) in [5, 5.41) is 2.88. The van der Waals surface area contributed by atoms with Crippen molar-refractivity contribution in [3.05, 3.63) is 59.7 Å². The molecule has 1 saturated heterocycles. The van der Waals surface area contributed by atoms with E-state index < -0.39 is 0 Å². The van der Waals surface area contributed by atoms with Gasteiger partial charge in [-0.2, -0.15) is 0 Å². The van der Waals surface area contributed by atoms with Crippen LogP contribution in [-0.4, -0.2) is 56.5 Å². The Labute approximate surface area is 191 Å². The molecule has 0 aromatic heterocycles. The summed E-state index contributed by atoms with van der Waals surface area (Å²) in [5.74, 6) is 0.789. The maximum atomic E-state index is 12.7. The Morgan fingerprint density at radius 1 is 0.938 bits per heavy atom. The van der Waals surface area contributed by atoms with E-state index in [-0.39, 0.29) is 17.2 Å². The summed E-state index contributed by atoms with van der Waals surface area (Å²) in [7, 11) is 1.66. The van der Waals surface area contributed by atoms with E-state index >= 15 is 0 Å². The van der Waals surface area contributed by atoms with Crippen molar-refractivity contribution in [1.82, 2.24) is 10.2 Å². The molecule has 2 aromatic rings. The molecular weight excluding hydrogens is 402 g/mol. The highest BCUT2D eigenvalue weighted by Gasteiger charge is 2.20. The molecule has 1 aliphatic rings. The van der Waals surface area contributed by atoms with Gasteiger partial charge in [-0.05, 0) is 53.8 Å². The number of nitrogens with one attached hydrogen (secondary N) is 1. The molecule has 1 aliphatic heterocycles. The molecule has 6 nitrogen and oxygen atoms in total. The van der Waals surface area contributed by atoms with E-state index in [9.17, 15) is 9.59 Å². The summed E-state index contributed by atoms with van der Waals surface area (Å²) >= 11 is 0. The van der Waals surface area contributed by atoms with E-state index in [0.717, 1.165) is 37.5 Å². The van der Waals surface area contributed by atoms with Crippen LogP contribution in [0.2, 0.25) is 0 Å². The molecule has 1 heterocycles. The topological polar surface area (TPSA) is 61.9 Å². The number of hydrogen-bond donors (Lipinski definition) is 1. The van der Waals surface area contributed by atoms with Gasteiger partial charge >= 0.3 is 0 Å². The van der Waals surface area contributed by atoms with E-state index in [1.165, 1.54) is 5.56 Å². The van der Waals surface area contributed by atoms with Crippen LogP contribution in [0.3, 0.4) is 0 Å². The van der Waals surface area contributed by atoms with Gasteiger partial charge in [0, 0.05) is 50.4 Å². The van der Waals surface area contributed by atoms with Crippen LogP contribution in [0, 0.1) is 0 Å². The Kier molecular flexibility index (Phi) is 7.78.